The summed E-state index contributed by atoms with van der Waals surface area (Å²) in [7, 11) is 0. The van der Waals surface area contributed by atoms with E-state index in [0.717, 1.165) is 53.4 Å². The molecule has 0 bridgehead atoms. The van der Waals surface area contributed by atoms with Crippen molar-refractivity contribution >= 4 is 28.7 Å². The van der Waals surface area contributed by atoms with E-state index < -0.39 is 0 Å². The Balaban J connectivity index is 1.38. The van der Waals surface area contributed by atoms with Gasteiger partial charge in [-0.1, -0.05) is 48.9 Å². The summed E-state index contributed by atoms with van der Waals surface area (Å²) in [6, 6.07) is 16.1. The largest absolute Gasteiger partial charge is 0.339 e. The topological polar surface area (TPSA) is 49.0 Å². The third-order valence-electron chi connectivity index (χ3n) is 4.84. The number of likely N-dealkylation sites (tertiary alicyclic amines) is 1. The number of nitrogens with one attached hydrogen (secondary N) is 1. The Hall–Kier alpha value is -2.27. The number of imidazole rings is 1. The minimum atomic E-state index is 0.170. The highest BCUT2D eigenvalue weighted by atomic mass is 32.2. The SMILES string of the molecule is O=C(c1ccc(CSc2nc3ccccc3[nH]2)cc1)N1CCCCCC1. The Labute approximate surface area is 158 Å². The maximum atomic E-state index is 12.6. The average Bonchev–Trinajstić information content (AvgIpc) is 2.90. The molecule has 3 aromatic rings. The molecule has 2 aromatic carbocycles. The number of carbonyl (C=O) groups excluding carboxylic acids is 1. The molecular weight excluding hydrogens is 342 g/mol. The van der Waals surface area contributed by atoms with E-state index in [1.807, 2.05) is 41.3 Å². The molecular formula is C21H23N3OS. The fraction of sp³-hybridized carbons (Fsp3) is 0.333. The zero-order valence-electron chi connectivity index (χ0n) is 14.8. The van der Waals surface area contributed by atoms with Crippen molar-refractivity contribution < 1.29 is 4.79 Å². The van der Waals surface area contributed by atoms with Crippen LogP contribution in [0.4, 0.5) is 0 Å². The molecule has 4 nitrogen and oxygen atoms in total. The van der Waals surface area contributed by atoms with Gasteiger partial charge in [0.1, 0.15) is 0 Å². The first kappa shape index (κ1) is 17.2. The number of amides is 1. The molecule has 4 rings (SSSR count). The third-order valence-corrected chi connectivity index (χ3v) is 5.78. The average molecular weight is 366 g/mol. The summed E-state index contributed by atoms with van der Waals surface area (Å²) < 4.78 is 0. The highest BCUT2D eigenvalue weighted by molar-refractivity contribution is 7.98. The number of aromatic nitrogens is 2. The van der Waals surface area contributed by atoms with E-state index in [1.165, 1.54) is 18.4 Å². The monoisotopic (exact) mass is 365 g/mol. The molecule has 0 spiro atoms. The van der Waals surface area contributed by atoms with Crippen LogP contribution in [0.15, 0.2) is 53.7 Å². The number of benzene rings is 2. The third kappa shape index (κ3) is 3.93. The van der Waals surface area contributed by atoms with Crippen LogP contribution >= 0.6 is 11.8 Å². The second-order valence-corrected chi connectivity index (χ2v) is 7.72. The van der Waals surface area contributed by atoms with Crippen molar-refractivity contribution in [3.63, 3.8) is 0 Å². The number of rotatable bonds is 4. The highest BCUT2D eigenvalue weighted by Crippen LogP contribution is 2.23. The summed E-state index contributed by atoms with van der Waals surface area (Å²) in [5, 5.41) is 0.927. The lowest BCUT2D eigenvalue weighted by atomic mass is 10.1. The van der Waals surface area contributed by atoms with Crippen LogP contribution in [0.5, 0.6) is 0 Å². The van der Waals surface area contributed by atoms with Gasteiger partial charge in [-0.15, -0.1) is 0 Å². The van der Waals surface area contributed by atoms with Crippen LogP contribution in [-0.2, 0) is 5.75 Å². The van der Waals surface area contributed by atoms with Crippen molar-refractivity contribution in [3.8, 4) is 0 Å². The Kier molecular flexibility index (Phi) is 5.25. The van der Waals surface area contributed by atoms with Crippen molar-refractivity contribution in [2.45, 2.75) is 36.6 Å². The number of nitrogens with zero attached hydrogens (tertiary/aromatic N) is 2. The quantitative estimate of drug-likeness (QED) is 0.671. The van der Waals surface area contributed by atoms with Crippen LogP contribution < -0.4 is 0 Å². The fourth-order valence-electron chi connectivity index (χ4n) is 3.35. The minimum Gasteiger partial charge on any atom is -0.339 e. The van der Waals surface area contributed by atoms with Gasteiger partial charge < -0.3 is 9.88 Å². The lowest BCUT2D eigenvalue weighted by Gasteiger charge is -2.20. The van der Waals surface area contributed by atoms with Crippen LogP contribution in [0.3, 0.4) is 0 Å². The van der Waals surface area contributed by atoms with Crippen LogP contribution in [0, 0.1) is 0 Å². The van der Waals surface area contributed by atoms with Gasteiger partial charge in [0.2, 0.25) is 0 Å². The first-order valence-electron chi connectivity index (χ1n) is 9.25. The van der Waals surface area contributed by atoms with E-state index >= 15 is 0 Å². The molecule has 1 saturated heterocycles. The molecule has 5 heteroatoms. The number of hydrogen-bond acceptors (Lipinski definition) is 3. The van der Waals surface area contributed by atoms with E-state index in [0.29, 0.717) is 0 Å². The number of H-pyrrole nitrogens is 1. The molecule has 0 unspecified atom stereocenters. The van der Waals surface area contributed by atoms with Gasteiger partial charge in [0.15, 0.2) is 5.16 Å². The highest BCUT2D eigenvalue weighted by Gasteiger charge is 2.17. The van der Waals surface area contributed by atoms with Gasteiger partial charge in [0.25, 0.3) is 5.91 Å². The zero-order valence-corrected chi connectivity index (χ0v) is 15.6. The van der Waals surface area contributed by atoms with Gasteiger partial charge >= 0.3 is 0 Å². The van der Waals surface area contributed by atoms with E-state index in [2.05, 4.69) is 22.1 Å². The van der Waals surface area contributed by atoms with Gasteiger partial charge in [-0.05, 0) is 42.7 Å². The Morgan fingerprint density at radius 1 is 1.00 bits per heavy atom. The summed E-state index contributed by atoms with van der Waals surface area (Å²) >= 11 is 1.68. The molecule has 0 radical (unpaired) electrons. The predicted octanol–water partition coefficient (Wildman–Crippen LogP) is 4.87. The summed E-state index contributed by atoms with van der Waals surface area (Å²) in [4.78, 5) is 22.6. The molecule has 26 heavy (non-hydrogen) atoms. The summed E-state index contributed by atoms with van der Waals surface area (Å²) in [5.41, 5.74) is 4.05. The second-order valence-electron chi connectivity index (χ2n) is 6.75. The van der Waals surface area contributed by atoms with Gasteiger partial charge in [-0.3, -0.25) is 4.79 Å². The Morgan fingerprint density at radius 2 is 1.73 bits per heavy atom. The summed E-state index contributed by atoms with van der Waals surface area (Å²) in [5.74, 6) is 1.00. The van der Waals surface area contributed by atoms with Crippen molar-refractivity contribution in [3.05, 3.63) is 59.7 Å². The van der Waals surface area contributed by atoms with Crippen molar-refractivity contribution in [2.75, 3.05) is 13.1 Å². The zero-order chi connectivity index (χ0) is 17.8. The number of para-hydroxylation sites is 2. The van der Waals surface area contributed by atoms with Crippen LogP contribution in [-0.4, -0.2) is 33.9 Å². The van der Waals surface area contributed by atoms with E-state index in [9.17, 15) is 4.79 Å². The van der Waals surface area contributed by atoms with Crippen LogP contribution in [0.1, 0.15) is 41.6 Å². The summed E-state index contributed by atoms with van der Waals surface area (Å²) in [6.45, 7) is 1.78. The molecule has 0 aliphatic carbocycles. The number of carbonyl (C=O) groups is 1. The Bertz CT molecular complexity index is 847. The first-order valence-corrected chi connectivity index (χ1v) is 10.2. The van der Waals surface area contributed by atoms with Crippen molar-refractivity contribution in [2.24, 2.45) is 0 Å². The van der Waals surface area contributed by atoms with E-state index in [-0.39, 0.29) is 5.91 Å². The number of thioether (sulfide) groups is 1. The standard InChI is InChI=1S/C21H23N3OS/c25-20(24-13-5-1-2-6-14-24)17-11-9-16(10-12-17)15-26-21-22-18-7-3-4-8-19(18)23-21/h3-4,7-12H,1-2,5-6,13-15H2,(H,22,23). The molecule has 0 saturated carbocycles. The molecule has 1 N–H and O–H groups in total. The van der Waals surface area contributed by atoms with Crippen LogP contribution in [0.2, 0.25) is 0 Å². The lowest BCUT2D eigenvalue weighted by Crippen LogP contribution is -2.31. The van der Waals surface area contributed by atoms with Gasteiger partial charge in [0.05, 0.1) is 11.0 Å². The molecule has 1 aliphatic rings. The molecule has 0 atom stereocenters. The van der Waals surface area contributed by atoms with Gasteiger partial charge in [-0.2, -0.15) is 0 Å². The Morgan fingerprint density at radius 3 is 2.46 bits per heavy atom. The molecule has 1 aliphatic heterocycles. The fourth-order valence-corrected chi connectivity index (χ4v) is 4.19. The predicted molar refractivity (Wildman–Crippen MR) is 106 cm³/mol. The molecule has 1 amide bonds. The van der Waals surface area contributed by atoms with Crippen molar-refractivity contribution in [1.82, 2.24) is 14.9 Å². The minimum absolute atomic E-state index is 0.170. The lowest BCUT2D eigenvalue weighted by molar-refractivity contribution is 0.0761. The van der Waals surface area contributed by atoms with E-state index in [1.54, 1.807) is 11.8 Å². The van der Waals surface area contributed by atoms with Crippen LogP contribution in [0.25, 0.3) is 11.0 Å². The number of aromatic amines is 1. The number of hydrogen-bond donors (Lipinski definition) is 1. The van der Waals surface area contributed by atoms with Gasteiger partial charge in [0, 0.05) is 24.4 Å². The smallest absolute Gasteiger partial charge is 0.253 e. The normalized spacial score (nSPS) is 15.2. The molecule has 1 aromatic heterocycles. The second kappa shape index (κ2) is 7.96. The maximum absolute atomic E-state index is 12.6. The van der Waals surface area contributed by atoms with Gasteiger partial charge in [-0.25, -0.2) is 4.98 Å². The maximum Gasteiger partial charge on any atom is 0.253 e. The first-order chi connectivity index (χ1) is 12.8. The molecule has 134 valence electrons. The molecule has 1 fully saturated rings. The molecule has 2 heterocycles. The summed E-state index contributed by atoms with van der Waals surface area (Å²) in [6.07, 6.45) is 4.72. The van der Waals surface area contributed by atoms with Crippen molar-refractivity contribution in [1.29, 1.82) is 0 Å². The number of fused-ring (bicyclic) bond motifs is 1. The van der Waals surface area contributed by atoms with E-state index in [4.69, 9.17) is 0 Å².